The van der Waals surface area contributed by atoms with Crippen molar-refractivity contribution in [2.24, 2.45) is 7.05 Å². The Labute approximate surface area is 255 Å². The maximum absolute atomic E-state index is 13.5. The van der Waals surface area contributed by atoms with Crippen molar-refractivity contribution in [3.63, 3.8) is 0 Å². The van der Waals surface area contributed by atoms with E-state index in [1.54, 1.807) is 39.8 Å². The molecule has 2 amide bonds. The highest BCUT2D eigenvalue weighted by molar-refractivity contribution is 5.93. The molecule has 1 atom stereocenters. The topological polar surface area (TPSA) is 133 Å². The Hall–Kier alpha value is -5.06. The molecule has 0 saturated heterocycles. The van der Waals surface area contributed by atoms with Crippen LogP contribution in [0.15, 0.2) is 53.6 Å². The zero-order valence-corrected chi connectivity index (χ0v) is 25.6. The zero-order chi connectivity index (χ0) is 31.4. The Morgan fingerprint density at radius 1 is 1.02 bits per heavy atom. The van der Waals surface area contributed by atoms with Gasteiger partial charge in [0.05, 0.1) is 50.4 Å². The Morgan fingerprint density at radius 3 is 2.55 bits per heavy atom. The van der Waals surface area contributed by atoms with Crippen molar-refractivity contribution in [3.8, 4) is 28.4 Å². The van der Waals surface area contributed by atoms with Gasteiger partial charge in [0.1, 0.15) is 0 Å². The number of anilines is 2. The lowest BCUT2D eigenvalue weighted by Crippen LogP contribution is -2.26. The summed E-state index contributed by atoms with van der Waals surface area (Å²) in [5, 5.41) is 9.13. The average molecular weight is 600 g/mol. The van der Waals surface area contributed by atoms with E-state index in [1.807, 2.05) is 41.9 Å². The number of aryl methyl sites for hydroxylation is 2. The normalized spacial score (nSPS) is 13.7. The van der Waals surface area contributed by atoms with Crippen LogP contribution in [-0.2, 0) is 23.1 Å². The number of hydrogen-bond donors (Lipinski definition) is 3. The first-order valence-corrected chi connectivity index (χ1v) is 14.5. The van der Waals surface area contributed by atoms with Crippen molar-refractivity contribution in [1.29, 1.82) is 0 Å². The monoisotopic (exact) mass is 599 g/mol. The van der Waals surface area contributed by atoms with E-state index in [4.69, 9.17) is 14.2 Å². The van der Waals surface area contributed by atoms with Crippen LogP contribution in [0, 0.1) is 0 Å². The molecule has 1 aromatic heterocycles. The summed E-state index contributed by atoms with van der Waals surface area (Å²) >= 11 is 0. The molecule has 11 heteroatoms. The summed E-state index contributed by atoms with van der Waals surface area (Å²) in [6, 6.07) is 12.3. The van der Waals surface area contributed by atoms with Gasteiger partial charge in [-0.05, 0) is 72.4 Å². The highest BCUT2D eigenvalue weighted by atomic mass is 16.5. The molecule has 1 aliphatic rings. The molecule has 44 heavy (non-hydrogen) atoms. The summed E-state index contributed by atoms with van der Waals surface area (Å²) < 4.78 is 19.0. The van der Waals surface area contributed by atoms with Gasteiger partial charge in [-0.1, -0.05) is 6.07 Å². The van der Waals surface area contributed by atoms with Crippen LogP contribution in [0.4, 0.5) is 11.4 Å². The molecule has 0 spiro atoms. The molecule has 3 aromatic carbocycles. The Bertz CT molecular complexity index is 1780. The largest absolute Gasteiger partial charge is 0.493 e. The van der Waals surface area contributed by atoms with Gasteiger partial charge in [0.25, 0.3) is 0 Å². The number of imidazole rings is 1. The Kier molecular flexibility index (Phi) is 9.03. The van der Waals surface area contributed by atoms with Crippen LogP contribution in [0.3, 0.4) is 0 Å². The number of methoxy groups -OCH3 is 3. The molecular weight excluding hydrogens is 562 g/mol. The third-order valence-corrected chi connectivity index (χ3v) is 7.82. The second kappa shape index (κ2) is 13.1. The van der Waals surface area contributed by atoms with E-state index >= 15 is 0 Å². The summed E-state index contributed by atoms with van der Waals surface area (Å²) in [5.74, 6) is 1.16. The number of carbonyl (C=O) groups is 2. The maximum atomic E-state index is 13.5. The van der Waals surface area contributed by atoms with Crippen LogP contribution in [0.2, 0.25) is 0 Å². The Morgan fingerprint density at radius 2 is 1.82 bits per heavy atom. The SMILES string of the molecule is COc1cc2c(c(OC)c1OC)-c1ccc(NCCCC(=O)Nc3ccc4c(c3)ncn4C)c(=O)cc1C(NC(C)=O)CC2. The average Bonchev–Trinajstić information content (AvgIpc) is 3.21. The maximum Gasteiger partial charge on any atom is 0.224 e. The molecule has 4 aromatic rings. The van der Waals surface area contributed by atoms with Gasteiger partial charge in [-0.3, -0.25) is 14.4 Å². The molecular formula is C33H37N5O6. The van der Waals surface area contributed by atoms with Gasteiger partial charge in [-0.15, -0.1) is 0 Å². The predicted molar refractivity (Wildman–Crippen MR) is 170 cm³/mol. The summed E-state index contributed by atoms with van der Waals surface area (Å²) in [5.41, 5.74) is 5.83. The van der Waals surface area contributed by atoms with E-state index in [9.17, 15) is 14.4 Å². The molecule has 1 heterocycles. The summed E-state index contributed by atoms with van der Waals surface area (Å²) in [4.78, 5) is 42.6. The quantitative estimate of drug-likeness (QED) is 0.226. The molecule has 230 valence electrons. The van der Waals surface area contributed by atoms with Crippen LogP contribution in [-0.4, -0.2) is 49.2 Å². The van der Waals surface area contributed by atoms with Crippen LogP contribution >= 0.6 is 0 Å². The number of amides is 2. The van der Waals surface area contributed by atoms with Crippen molar-refractivity contribution >= 4 is 34.2 Å². The summed E-state index contributed by atoms with van der Waals surface area (Å²) in [6.45, 7) is 1.88. The number of rotatable bonds is 10. The summed E-state index contributed by atoms with van der Waals surface area (Å²) in [7, 11) is 6.60. The molecule has 0 radical (unpaired) electrons. The molecule has 0 aliphatic heterocycles. The fourth-order valence-electron chi connectivity index (χ4n) is 5.76. The predicted octanol–water partition coefficient (Wildman–Crippen LogP) is 4.58. The minimum Gasteiger partial charge on any atom is -0.493 e. The number of fused-ring (bicyclic) bond motifs is 4. The standard InChI is InChI=1S/C33H37N5O6/c1-19(39)36-24-11-8-20-15-29(42-3)32(43-4)33(44-5)31(20)22-10-12-25(28(40)17-23(22)24)34-14-6-7-30(41)37-21-9-13-27-26(16-21)35-18-38(27)2/h9-10,12-13,15-18,24H,6-8,11,14H2,1-5H3,(H,34,40)(H,36,39)(H,37,41). The fraction of sp³-hybridized carbons (Fsp3) is 0.333. The molecule has 3 N–H and O–H groups in total. The highest BCUT2D eigenvalue weighted by Crippen LogP contribution is 2.50. The van der Waals surface area contributed by atoms with Gasteiger partial charge in [-0.2, -0.15) is 0 Å². The molecule has 0 saturated carbocycles. The minimum atomic E-state index is -0.390. The zero-order valence-electron chi connectivity index (χ0n) is 25.6. The number of nitrogens with zero attached hydrogens (tertiary/aromatic N) is 2. The van der Waals surface area contributed by atoms with Gasteiger partial charge in [0.2, 0.25) is 23.0 Å². The van der Waals surface area contributed by atoms with E-state index in [0.29, 0.717) is 60.0 Å². The van der Waals surface area contributed by atoms with Crippen LogP contribution in [0.25, 0.3) is 22.2 Å². The van der Waals surface area contributed by atoms with Crippen LogP contribution < -0.4 is 35.6 Å². The third-order valence-electron chi connectivity index (χ3n) is 7.82. The Balaban J connectivity index is 1.37. The number of carbonyl (C=O) groups excluding carboxylic acids is 2. The van der Waals surface area contributed by atoms with Crippen LogP contribution in [0.5, 0.6) is 17.2 Å². The number of aromatic nitrogens is 2. The number of hydrogen-bond acceptors (Lipinski definition) is 8. The molecule has 0 bridgehead atoms. The summed E-state index contributed by atoms with van der Waals surface area (Å²) in [6.07, 6.45) is 3.71. The lowest BCUT2D eigenvalue weighted by molar-refractivity contribution is -0.119. The first-order chi connectivity index (χ1) is 21.2. The number of ether oxygens (including phenoxy) is 3. The van der Waals surface area contributed by atoms with Gasteiger partial charge in [-0.25, -0.2) is 4.98 Å². The smallest absolute Gasteiger partial charge is 0.224 e. The molecule has 1 aliphatic carbocycles. The lowest BCUT2D eigenvalue weighted by Gasteiger charge is -2.19. The number of nitrogens with one attached hydrogen (secondary N) is 3. The lowest BCUT2D eigenvalue weighted by atomic mass is 9.95. The third kappa shape index (κ3) is 6.17. The van der Waals surface area contributed by atoms with E-state index in [2.05, 4.69) is 20.9 Å². The van der Waals surface area contributed by atoms with Gasteiger partial charge >= 0.3 is 0 Å². The molecule has 11 nitrogen and oxygen atoms in total. The van der Waals surface area contributed by atoms with Crippen molar-refractivity contribution < 1.29 is 23.8 Å². The van der Waals surface area contributed by atoms with E-state index in [1.165, 1.54) is 6.92 Å². The van der Waals surface area contributed by atoms with Gasteiger partial charge in [0.15, 0.2) is 11.5 Å². The number of benzene rings is 2. The van der Waals surface area contributed by atoms with E-state index in [-0.39, 0.29) is 23.7 Å². The minimum absolute atomic E-state index is 0.124. The van der Waals surface area contributed by atoms with Crippen molar-refractivity contribution in [3.05, 3.63) is 70.1 Å². The van der Waals surface area contributed by atoms with Crippen molar-refractivity contribution in [2.45, 2.75) is 38.6 Å². The molecule has 0 fully saturated rings. The highest BCUT2D eigenvalue weighted by Gasteiger charge is 2.29. The second-order valence-corrected chi connectivity index (χ2v) is 10.7. The van der Waals surface area contributed by atoms with E-state index < -0.39 is 6.04 Å². The van der Waals surface area contributed by atoms with E-state index in [0.717, 1.165) is 27.7 Å². The first kappa shape index (κ1) is 30.4. The molecule has 1 unspecified atom stereocenters. The fourth-order valence-corrected chi connectivity index (χ4v) is 5.76. The first-order valence-electron chi connectivity index (χ1n) is 14.5. The van der Waals surface area contributed by atoms with Crippen molar-refractivity contribution in [1.82, 2.24) is 14.9 Å². The molecule has 5 rings (SSSR count). The van der Waals surface area contributed by atoms with Gasteiger partial charge in [0, 0.05) is 38.2 Å². The second-order valence-electron chi connectivity index (χ2n) is 10.7. The van der Waals surface area contributed by atoms with Gasteiger partial charge < -0.3 is 34.7 Å². The van der Waals surface area contributed by atoms with Crippen LogP contribution in [0.1, 0.15) is 43.4 Å². The van der Waals surface area contributed by atoms with Crippen molar-refractivity contribution in [2.75, 3.05) is 38.5 Å².